The summed E-state index contributed by atoms with van der Waals surface area (Å²) in [6, 6.07) is 10.1. The molecule has 0 atom stereocenters. The van der Waals surface area contributed by atoms with Crippen LogP contribution < -0.4 is 0 Å². The van der Waals surface area contributed by atoms with Crippen molar-refractivity contribution < 1.29 is 5.11 Å². The molecule has 0 saturated heterocycles. The SMILES string of the molecule is C=CC[Si](C)(C)CCCc1ccccc1O. The lowest BCUT2D eigenvalue weighted by molar-refractivity contribution is 0.467. The zero-order chi connectivity index (χ0) is 12.0. The Balaban J connectivity index is 2.41. The summed E-state index contributed by atoms with van der Waals surface area (Å²) in [5.74, 6) is 0.436. The maximum absolute atomic E-state index is 9.64. The van der Waals surface area contributed by atoms with E-state index >= 15 is 0 Å². The van der Waals surface area contributed by atoms with Crippen LogP contribution in [0.5, 0.6) is 5.75 Å². The number of rotatable bonds is 6. The van der Waals surface area contributed by atoms with Crippen LogP contribution in [0.15, 0.2) is 36.9 Å². The van der Waals surface area contributed by atoms with E-state index in [0.717, 1.165) is 12.0 Å². The fourth-order valence-corrected chi connectivity index (χ4v) is 4.09. The monoisotopic (exact) mass is 234 g/mol. The average Bonchev–Trinajstić information content (AvgIpc) is 2.20. The van der Waals surface area contributed by atoms with Gasteiger partial charge < -0.3 is 5.11 Å². The lowest BCUT2D eigenvalue weighted by Crippen LogP contribution is -2.23. The van der Waals surface area contributed by atoms with Gasteiger partial charge in [-0.2, -0.15) is 0 Å². The molecule has 0 spiro atoms. The van der Waals surface area contributed by atoms with Gasteiger partial charge >= 0.3 is 0 Å². The van der Waals surface area contributed by atoms with Crippen LogP contribution in [0.4, 0.5) is 0 Å². The molecular formula is C14H22OSi. The molecule has 0 amide bonds. The number of hydrogen-bond donors (Lipinski definition) is 1. The van der Waals surface area contributed by atoms with Crippen LogP contribution >= 0.6 is 0 Å². The minimum atomic E-state index is -1.07. The number of benzene rings is 1. The van der Waals surface area contributed by atoms with Gasteiger partial charge in [-0.05, 0) is 24.1 Å². The minimum absolute atomic E-state index is 0.436. The highest BCUT2D eigenvalue weighted by Crippen LogP contribution is 2.22. The summed E-state index contributed by atoms with van der Waals surface area (Å²) >= 11 is 0. The minimum Gasteiger partial charge on any atom is -0.508 e. The van der Waals surface area contributed by atoms with Gasteiger partial charge in [-0.25, -0.2) is 0 Å². The molecule has 0 aromatic heterocycles. The summed E-state index contributed by atoms with van der Waals surface area (Å²) < 4.78 is 0. The fraction of sp³-hybridized carbons (Fsp3) is 0.429. The van der Waals surface area contributed by atoms with Gasteiger partial charge in [0.05, 0.1) is 8.07 Å². The van der Waals surface area contributed by atoms with Crippen LogP contribution in [0, 0.1) is 0 Å². The van der Waals surface area contributed by atoms with Crippen molar-refractivity contribution in [1.29, 1.82) is 0 Å². The van der Waals surface area contributed by atoms with Gasteiger partial charge in [0.1, 0.15) is 5.75 Å². The van der Waals surface area contributed by atoms with Crippen molar-refractivity contribution in [3.8, 4) is 5.75 Å². The highest BCUT2D eigenvalue weighted by molar-refractivity contribution is 6.77. The Morgan fingerprint density at radius 2 is 2.00 bits per heavy atom. The Morgan fingerprint density at radius 3 is 2.62 bits per heavy atom. The number of phenols is 1. The number of phenolic OH excluding ortho intramolecular Hbond substituents is 1. The van der Waals surface area contributed by atoms with Crippen LogP contribution in [0.3, 0.4) is 0 Å². The first-order chi connectivity index (χ1) is 7.55. The smallest absolute Gasteiger partial charge is 0.118 e. The standard InChI is InChI=1S/C14H22OSi/c1-4-11-16(2,3)12-7-9-13-8-5-6-10-14(13)15/h4-6,8,10,15H,1,7,9,11-12H2,2-3H3. The van der Waals surface area contributed by atoms with Crippen LogP contribution in [0.25, 0.3) is 0 Å². The normalized spacial score (nSPS) is 11.4. The van der Waals surface area contributed by atoms with Crippen LogP contribution in [-0.2, 0) is 6.42 Å². The van der Waals surface area contributed by atoms with Crippen molar-refractivity contribution in [3.63, 3.8) is 0 Å². The molecule has 1 nitrogen and oxygen atoms in total. The fourth-order valence-electron chi connectivity index (χ4n) is 1.97. The number of para-hydroxylation sites is 1. The largest absolute Gasteiger partial charge is 0.508 e. The molecule has 1 aromatic carbocycles. The lowest BCUT2D eigenvalue weighted by atomic mass is 10.1. The van der Waals surface area contributed by atoms with Gasteiger partial charge in [0.15, 0.2) is 0 Å². The topological polar surface area (TPSA) is 20.2 Å². The van der Waals surface area contributed by atoms with Gasteiger partial charge in [-0.3, -0.25) is 0 Å². The maximum atomic E-state index is 9.64. The molecule has 0 aliphatic carbocycles. The third kappa shape index (κ3) is 4.23. The van der Waals surface area contributed by atoms with Crippen molar-refractivity contribution in [1.82, 2.24) is 0 Å². The van der Waals surface area contributed by atoms with Crippen molar-refractivity contribution in [2.24, 2.45) is 0 Å². The molecule has 1 N–H and O–H groups in total. The van der Waals surface area contributed by atoms with Crippen LogP contribution in [-0.4, -0.2) is 13.2 Å². The van der Waals surface area contributed by atoms with Gasteiger partial charge in [-0.15, -0.1) is 6.58 Å². The molecular weight excluding hydrogens is 212 g/mol. The summed E-state index contributed by atoms with van der Waals surface area (Å²) in [6.07, 6.45) is 4.21. The molecule has 88 valence electrons. The quantitative estimate of drug-likeness (QED) is 0.577. The molecule has 0 bridgehead atoms. The van der Waals surface area contributed by atoms with E-state index in [1.807, 2.05) is 24.3 Å². The third-order valence-electron chi connectivity index (χ3n) is 2.99. The number of aromatic hydroxyl groups is 1. The van der Waals surface area contributed by atoms with Crippen molar-refractivity contribution in [2.45, 2.75) is 38.0 Å². The Labute approximate surface area is 99.8 Å². The van der Waals surface area contributed by atoms with E-state index in [4.69, 9.17) is 0 Å². The summed E-state index contributed by atoms with van der Waals surface area (Å²) in [6.45, 7) is 8.63. The second-order valence-electron chi connectivity index (χ2n) is 5.14. The predicted octanol–water partition coefficient (Wildman–Crippen LogP) is 4.22. The molecule has 0 aliphatic heterocycles. The van der Waals surface area contributed by atoms with Crippen molar-refractivity contribution >= 4 is 8.07 Å². The Morgan fingerprint density at radius 1 is 1.31 bits per heavy atom. The van der Waals surface area contributed by atoms with Gasteiger partial charge in [0.25, 0.3) is 0 Å². The highest BCUT2D eigenvalue weighted by atomic mass is 28.3. The number of allylic oxidation sites excluding steroid dienone is 1. The van der Waals surface area contributed by atoms with Crippen molar-refractivity contribution in [3.05, 3.63) is 42.5 Å². The molecule has 0 radical (unpaired) electrons. The van der Waals surface area contributed by atoms with E-state index in [2.05, 4.69) is 19.7 Å². The number of aryl methyl sites for hydroxylation is 1. The van der Waals surface area contributed by atoms with Gasteiger partial charge in [0, 0.05) is 0 Å². The molecule has 2 heteroatoms. The molecule has 0 saturated carbocycles. The van der Waals surface area contributed by atoms with Gasteiger partial charge in [-0.1, -0.05) is 49.8 Å². The van der Waals surface area contributed by atoms with Crippen LogP contribution in [0.2, 0.25) is 25.2 Å². The Hall–Kier alpha value is -1.02. The summed E-state index contributed by atoms with van der Waals surface area (Å²) in [7, 11) is -1.07. The first-order valence-electron chi connectivity index (χ1n) is 5.93. The maximum Gasteiger partial charge on any atom is 0.118 e. The molecule has 0 unspecified atom stereocenters. The zero-order valence-electron chi connectivity index (χ0n) is 10.4. The summed E-state index contributed by atoms with van der Waals surface area (Å²) in [5.41, 5.74) is 1.07. The van der Waals surface area contributed by atoms with E-state index in [0.29, 0.717) is 5.75 Å². The molecule has 0 fully saturated rings. The van der Waals surface area contributed by atoms with E-state index in [1.165, 1.54) is 18.5 Å². The Kier molecular flexibility index (Phi) is 4.81. The second-order valence-corrected chi connectivity index (χ2v) is 10.4. The zero-order valence-corrected chi connectivity index (χ0v) is 11.4. The average molecular weight is 234 g/mol. The first kappa shape index (κ1) is 13.0. The molecule has 0 heterocycles. The lowest BCUT2D eigenvalue weighted by Gasteiger charge is -2.20. The van der Waals surface area contributed by atoms with E-state index in [1.54, 1.807) is 6.07 Å². The summed E-state index contributed by atoms with van der Waals surface area (Å²) in [5, 5.41) is 9.64. The Bertz CT molecular complexity index is 344. The molecule has 16 heavy (non-hydrogen) atoms. The first-order valence-corrected chi connectivity index (χ1v) is 9.34. The van der Waals surface area contributed by atoms with E-state index in [-0.39, 0.29) is 0 Å². The molecule has 1 rings (SSSR count). The van der Waals surface area contributed by atoms with Crippen LogP contribution in [0.1, 0.15) is 12.0 Å². The number of hydrogen-bond acceptors (Lipinski definition) is 1. The third-order valence-corrected chi connectivity index (χ3v) is 6.09. The van der Waals surface area contributed by atoms with E-state index < -0.39 is 8.07 Å². The molecule has 1 aromatic rings. The highest BCUT2D eigenvalue weighted by Gasteiger charge is 2.17. The second kappa shape index (κ2) is 5.90. The van der Waals surface area contributed by atoms with E-state index in [9.17, 15) is 5.11 Å². The molecule has 0 aliphatic rings. The van der Waals surface area contributed by atoms with Crippen molar-refractivity contribution in [2.75, 3.05) is 0 Å². The predicted molar refractivity (Wildman–Crippen MR) is 73.7 cm³/mol. The summed E-state index contributed by atoms with van der Waals surface area (Å²) in [4.78, 5) is 0. The van der Waals surface area contributed by atoms with Gasteiger partial charge in [0.2, 0.25) is 0 Å².